The lowest BCUT2D eigenvalue weighted by molar-refractivity contribution is -0.138. The van der Waals surface area contributed by atoms with Gasteiger partial charge in [0.15, 0.2) is 0 Å². The molecular weight excluding hydrogens is 373 g/mol. The Bertz CT molecular complexity index is 621. The van der Waals surface area contributed by atoms with Gasteiger partial charge in [-0.1, -0.05) is 12.1 Å². The third-order valence-corrected chi connectivity index (χ3v) is 5.16. The van der Waals surface area contributed by atoms with Crippen LogP contribution in [-0.4, -0.2) is 65.5 Å². The van der Waals surface area contributed by atoms with Crippen molar-refractivity contribution in [3.8, 4) is 0 Å². The highest BCUT2D eigenvalue weighted by molar-refractivity contribution is 5.85. The summed E-state index contributed by atoms with van der Waals surface area (Å²) in [4.78, 5) is 27.4. The van der Waals surface area contributed by atoms with E-state index in [1.165, 1.54) is 12.1 Å². The number of nitrogens with zero attached hydrogens (tertiary/aromatic N) is 2. The van der Waals surface area contributed by atoms with Gasteiger partial charge in [0.25, 0.3) is 0 Å². The van der Waals surface area contributed by atoms with E-state index in [2.05, 4.69) is 10.2 Å². The van der Waals surface area contributed by atoms with E-state index in [4.69, 9.17) is 5.11 Å². The molecule has 1 aromatic carbocycles. The van der Waals surface area contributed by atoms with E-state index in [9.17, 15) is 14.0 Å². The molecule has 1 heterocycles. The molecule has 0 aliphatic carbocycles. The number of carbonyl (C=O) groups is 2. The lowest BCUT2D eigenvalue weighted by atomic mass is 10.0. The van der Waals surface area contributed by atoms with E-state index in [0.717, 1.165) is 31.5 Å². The second-order valence-electron chi connectivity index (χ2n) is 7.03. The summed E-state index contributed by atoms with van der Waals surface area (Å²) < 4.78 is 13.0. The lowest BCUT2D eigenvalue weighted by Crippen LogP contribution is -2.51. The van der Waals surface area contributed by atoms with Gasteiger partial charge in [-0.3, -0.25) is 19.4 Å². The summed E-state index contributed by atoms with van der Waals surface area (Å²) in [6, 6.07) is 5.91. The van der Waals surface area contributed by atoms with Crippen molar-refractivity contribution in [2.45, 2.75) is 44.8 Å². The standard InChI is InChI=1S/C19H28FN3O3.ClH/c1-13(15-4-6-16(20)7-5-15)21-19(26)14(2)23-10-8-17(9-11-23)22(3)12-18(24)25;/h4-7,13-14,17H,8-12H2,1-3H3,(H,21,26)(H,24,25);1H. The van der Waals surface area contributed by atoms with Crippen LogP contribution in [0.5, 0.6) is 0 Å². The topological polar surface area (TPSA) is 72.9 Å². The summed E-state index contributed by atoms with van der Waals surface area (Å²) in [7, 11) is 1.83. The van der Waals surface area contributed by atoms with Crippen molar-refractivity contribution in [3.05, 3.63) is 35.6 Å². The number of rotatable bonds is 7. The molecule has 2 unspecified atom stereocenters. The van der Waals surface area contributed by atoms with E-state index in [1.807, 2.05) is 25.8 Å². The van der Waals surface area contributed by atoms with Crippen LogP contribution >= 0.6 is 12.4 Å². The highest BCUT2D eigenvalue weighted by atomic mass is 35.5. The third kappa shape index (κ3) is 6.75. The first-order chi connectivity index (χ1) is 12.3. The number of likely N-dealkylation sites (tertiary alicyclic amines) is 1. The predicted octanol–water partition coefficient (Wildman–Crippen LogP) is 2.29. The van der Waals surface area contributed by atoms with E-state index in [1.54, 1.807) is 12.1 Å². The van der Waals surface area contributed by atoms with E-state index >= 15 is 0 Å². The minimum absolute atomic E-state index is 0. The van der Waals surface area contributed by atoms with Crippen molar-refractivity contribution in [1.82, 2.24) is 15.1 Å². The SMILES string of the molecule is CC(NC(=O)C(C)N1CCC(N(C)CC(=O)O)CC1)c1ccc(F)cc1.Cl. The number of halogens is 2. The fraction of sp³-hybridized carbons (Fsp3) is 0.579. The number of hydrogen-bond acceptors (Lipinski definition) is 4. The Morgan fingerprint density at radius 1 is 1.26 bits per heavy atom. The number of amides is 1. The maximum atomic E-state index is 13.0. The Balaban J connectivity index is 0.00000364. The van der Waals surface area contributed by atoms with Crippen molar-refractivity contribution in [2.24, 2.45) is 0 Å². The zero-order chi connectivity index (χ0) is 19.3. The van der Waals surface area contributed by atoms with E-state index in [-0.39, 0.29) is 48.8 Å². The summed E-state index contributed by atoms with van der Waals surface area (Å²) in [6.45, 7) is 5.32. The van der Waals surface area contributed by atoms with Crippen LogP contribution in [0.3, 0.4) is 0 Å². The van der Waals surface area contributed by atoms with Gasteiger partial charge in [0, 0.05) is 19.1 Å². The van der Waals surface area contributed by atoms with Crippen molar-refractivity contribution < 1.29 is 19.1 Å². The molecule has 0 bridgehead atoms. The maximum absolute atomic E-state index is 13.0. The first-order valence-electron chi connectivity index (χ1n) is 9.00. The monoisotopic (exact) mass is 401 g/mol. The number of carboxylic acid groups (broad SMARTS) is 1. The first-order valence-corrected chi connectivity index (χ1v) is 9.00. The molecule has 8 heteroatoms. The number of benzene rings is 1. The molecule has 2 N–H and O–H groups in total. The molecule has 1 fully saturated rings. The molecule has 0 aromatic heterocycles. The summed E-state index contributed by atoms with van der Waals surface area (Å²) in [5, 5.41) is 11.9. The highest BCUT2D eigenvalue weighted by Gasteiger charge is 2.29. The van der Waals surface area contributed by atoms with E-state index < -0.39 is 5.97 Å². The smallest absolute Gasteiger partial charge is 0.317 e. The molecular formula is C19H29ClFN3O3. The number of carboxylic acids is 1. The molecule has 1 aromatic rings. The van der Waals surface area contributed by atoms with Crippen LogP contribution in [0.4, 0.5) is 4.39 Å². The van der Waals surface area contributed by atoms with Gasteiger partial charge in [-0.2, -0.15) is 0 Å². The van der Waals surface area contributed by atoms with Gasteiger partial charge < -0.3 is 10.4 Å². The Morgan fingerprint density at radius 2 is 1.81 bits per heavy atom. The summed E-state index contributed by atoms with van der Waals surface area (Å²) in [5.74, 6) is -1.17. The van der Waals surface area contributed by atoms with Crippen LogP contribution in [0.15, 0.2) is 24.3 Å². The zero-order valence-electron chi connectivity index (χ0n) is 16.0. The molecule has 27 heavy (non-hydrogen) atoms. The van der Waals surface area contributed by atoms with Crippen molar-refractivity contribution in [1.29, 1.82) is 0 Å². The van der Waals surface area contributed by atoms with Gasteiger partial charge in [-0.05, 0) is 51.4 Å². The second kappa shape index (κ2) is 10.6. The number of likely N-dealkylation sites (N-methyl/N-ethyl adjacent to an activating group) is 1. The highest BCUT2D eigenvalue weighted by Crippen LogP contribution is 2.18. The van der Waals surface area contributed by atoms with Crippen LogP contribution in [0.1, 0.15) is 38.3 Å². The number of aliphatic carboxylic acids is 1. The Kier molecular flexibility index (Phi) is 9.15. The zero-order valence-corrected chi connectivity index (χ0v) is 16.8. The van der Waals surface area contributed by atoms with Crippen LogP contribution in [-0.2, 0) is 9.59 Å². The summed E-state index contributed by atoms with van der Waals surface area (Å²) in [5.41, 5.74) is 0.862. The Morgan fingerprint density at radius 3 is 2.33 bits per heavy atom. The van der Waals surface area contributed by atoms with Crippen LogP contribution < -0.4 is 5.32 Å². The predicted molar refractivity (Wildman–Crippen MR) is 105 cm³/mol. The molecule has 2 rings (SSSR count). The van der Waals surface area contributed by atoms with Gasteiger partial charge in [-0.15, -0.1) is 12.4 Å². The Hall–Kier alpha value is -1.70. The van der Waals surface area contributed by atoms with Gasteiger partial charge in [0.1, 0.15) is 5.82 Å². The Labute approximate surface area is 166 Å². The number of nitrogens with one attached hydrogen (secondary N) is 1. The molecule has 1 aliphatic rings. The minimum Gasteiger partial charge on any atom is -0.480 e. The third-order valence-electron chi connectivity index (χ3n) is 5.16. The minimum atomic E-state index is -0.822. The fourth-order valence-corrected chi connectivity index (χ4v) is 3.39. The fourth-order valence-electron chi connectivity index (χ4n) is 3.39. The van der Waals surface area contributed by atoms with E-state index in [0.29, 0.717) is 0 Å². The number of carbonyl (C=O) groups excluding carboxylic acids is 1. The van der Waals surface area contributed by atoms with Crippen LogP contribution in [0, 0.1) is 5.82 Å². The summed E-state index contributed by atoms with van der Waals surface area (Å²) in [6.07, 6.45) is 1.68. The second-order valence-corrected chi connectivity index (χ2v) is 7.03. The maximum Gasteiger partial charge on any atom is 0.317 e. The number of piperidine rings is 1. The van der Waals surface area contributed by atoms with Gasteiger partial charge >= 0.3 is 5.97 Å². The van der Waals surface area contributed by atoms with Crippen molar-refractivity contribution in [2.75, 3.05) is 26.7 Å². The van der Waals surface area contributed by atoms with Crippen molar-refractivity contribution in [3.63, 3.8) is 0 Å². The summed E-state index contributed by atoms with van der Waals surface area (Å²) >= 11 is 0. The largest absolute Gasteiger partial charge is 0.480 e. The molecule has 0 saturated carbocycles. The number of hydrogen-bond donors (Lipinski definition) is 2. The molecule has 1 amide bonds. The normalized spacial score (nSPS) is 17.8. The molecule has 2 atom stereocenters. The van der Waals surface area contributed by atoms with Crippen LogP contribution in [0.2, 0.25) is 0 Å². The van der Waals surface area contributed by atoms with Crippen molar-refractivity contribution >= 4 is 24.3 Å². The lowest BCUT2D eigenvalue weighted by Gasteiger charge is -2.38. The van der Waals surface area contributed by atoms with Crippen LogP contribution in [0.25, 0.3) is 0 Å². The molecule has 0 spiro atoms. The molecule has 6 nitrogen and oxygen atoms in total. The van der Waals surface area contributed by atoms with Gasteiger partial charge in [0.05, 0.1) is 18.6 Å². The average Bonchev–Trinajstić information content (AvgIpc) is 2.61. The first kappa shape index (κ1) is 23.3. The molecule has 152 valence electrons. The quantitative estimate of drug-likeness (QED) is 0.733. The molecule has 1 saturated heterocycles. The van der Waals surface area contributed by atoms with Gasteiger partial charge in [0.2, 0.25) is 5.91 Å². The average molecular weight is 402 g/mol. The van der Waals surface area contributed by atoms with Gasteiger partial charge in [-0.25, -0.2) is 4.39 Å². The molecule has 0 radical (unpaired) electrons. The molecule has 1 aliphatic heterocycles.